The van der Waals surface area contributed by atoms with Crippen LogP contribution < -0.4 is 15.2 Å². The van der Waals surface area contributed by atoms with Gasteiger partial charge in [-0.05, 0) is 38.0 Å². The molecular weight excluding hydrogens is 202 g/mol. The van der Waals surface area contributed by atoms with Crippen molar-refractivity contribution in [3.8, 4) is 11.5 Å². The molecule has 1 aromatic rings. The van der Waals surface area contributed by atoms with Gasteiger partial charge >= 0.3 is 0 Å². The van der Waals surface area contributed by atoms with Crippen molar-refractivity contribution >= 4 is 0 Å². The molecule has 1 unspecified atom stereocenters. The van der Waals surface area contributed by atoms with Crippen molar-refractivity contribution in [1.29, 1.82) is 0 Å². The molecule has 90 valence electrons. The standard InChI is InChI=1S/C13H21NO2/c1-5-9(2)16-12-7-6-11(10(3)14)8-13(12)15-4/h6-10H,5,14H2,1-4H3/t9?,10-/m1/s1. The molecule has 0 saturated carbocycles. The average Bonchev–Trinajstić information content (AvgIpc) is 2.29. The maximum Gasteiger partial charge on any atom is 0.161 e. The van der Waals surface area contributed by atoms with Gasteiger partial charge in [0.2, 0.25) is 0 Å². The van der Waals surface area contributed by atoms with Gasteiger partial charge in [0.25, 0.3) is 0 Å². The summed E-state index contributed by atoms with van der Waals surface area (Å²) in [5.74, 6) is 1.52. The maximum atomic E-state index is 5.82. The Morgan fingerprint density at radius 1 is 1.25 bits per heavy atom. The van der Waals surface area contributed by atoms with Gasteiger partial charge in [0, 0.05) is 6.04 Å². The highest BCUT2D eigenvalue weighted by Gasteiger charge is 2.10. The van der Waals surface area contributed by atoms with E-state index in [9.17, 15) is 0 Å². The first-order valence-electron chi connectivity index (χ1n) is 5.68. The van der Waals surface area contributed by atoms with E-state index in [0.717, 1.165) is 23.5 Å². The molecule has 2 atom stereocenters. The van der Waals surface area contributed by atoms with E-state index in [1.54, 1.807) is 7.11 Å². The quantitative estimate of drug-likeness (QED) is 0.834. The lowest BCUT2D eigenvalue weighted by molar-refractivity contribution is 0.207. The van der Waals surface area contributed by atoms with E-state index in [-0.39, 0.29) is 12.1 Å². The van der Waals surface area contributed by atoms with E-state index in [0.29, 0.717) is 0 Å². The molecular formula is C13H21NO2. The van der Waals surface area contributed by atoms with Gasteiger partial charge in [0.1, 0.15) is 0 Å². The van der Waals surface area contributed by atoms with Crippen LogP contribution in [0.4, 0.5) is 0 Å². The molecule has 1 aromatic carbocycles. The van der Waals surface area contributed by atoms with Gasteiger partial charge in [0.05, 0.1) is 13.2 Å². The molecule has 2 N–H and O–H groups in total. The summed E-state index contributed by atoms with van der Waals surface area (Å²) in [6.45, 7) is 6.08. The fourth-order valence-corrected chi connectivity index (χ4v) is 1.36. The minimum absolute atomic E-state index is 0.00606. The molecule has 0 aromatic heterocycles. The normalized spacial score (nSPS) is 14.3. The molecule has 0 aliphatic carbocycles. The lowest BCUT2D eigenvalue weighted by Gasteiger charge is -2.17. The van der Waals surface area contributed by atoms with E-state index in [1.807, 2.05) is 32.0 Å². The third kappa shape index (κ3) is 3.14. The monoisotopic (exact) mass is 223 g/mol. The zero-order chi connectivity index (χ0) is 12.1. The molecule has 0 fully saturated rings. The lowest BCUT2D eigenvalue weighted by Crippen LogP contribution is -2.11. The van der Waals surface area contributed by atoms with Crippen LogP contribution in [0.5, 0.6) is 11.5 Å². The zero-order valence-electron chi connectivity index (χ0n) is 10.5. The van der Waals surface area contributed by atoms with Gasteiger partial charge in [-0.1, -0.05) is 13.0 Å². The molecule has 0 saturated heterocycles. The van der Waals surface area contributed by atoms with Crippen LogP contribution in [0.25, 0.3) is 0 Å². The summed E-state index contributed by atoms with van der Waals surface area (Å²) in [7, 11) is 1.64. The van der Waals surface area contributed by atoms with E-state index in [4.69, 9.17) is 15.2 Å². The number of benzene rings is 1. The van der Waals surface area contributed by atoms with E-state index >= 15 is 0 Å². The van der Waals surface area contributed by atoms with Crippen molar-refractivity contribution in [3.63, 3.8) is 0 Å². The molecule has 0 heterocycles. The highest BCUT2D eigenvalue weighted by Crippen LogP contribution is 2.30. The Labute approximate surface area is 97.6 Å². The molecule has 0 bridgehead atoms. The predicted molar refractivity (Wildman–Crippen MR) is 66.0 cm³/mol. The first-order valence-corrected chi connectivity index (χ1v) is 5.68. The second-order valence-corrected chi connectivity index (χ2v) is 4.04. The number of rotatable bonds is 5. The smallest absolute Gasteiger partial charge is 0.161 e. The highest BCUT2D eigenvalue weighted by atomic mass is 16.5. The molecule has 0 spiro atoms. The Balaban J connectivity index is 2.93. The fraction of sp³-hybridized carbons (Fsp3) is 0.538. The molecule has 0 radical (unpaired) electrons. The SMILES string of the molecule is CCC(C)Oc1ccc([C@@H](C)N)cc1OC. The van der Waals surface area contributed by atoms with Gasteiger partial charge in [-0.3, -0.25) is 0 Å². The molecule has 0 aliphatic rings. The van der Waals surface area contributed by atoms with Gasteiger partial charge in [-0.2, -0.15) is 0 Å². The van der Waals surface area contributed by atoms with E-state index in [1.165, 1.54) is 0 Å². The summed E-state index contributed by atoms with van der Waals surface area (Å²) in [6, 6.07) is 5.84. The molecule has 3 heteroatoms. The van der Waals surface area contributed by atoms with Gasteiger partial charge < -0.3 is 15.2 Å². The van der Waals surface area contributed by atoms with E-state index < -0.39 is 0 Å². The minimum atomic E-state index is 0.00606. The van der Waals surface area contributed by atoms with Gasteiger partial charge in [-0.15, -0.1) is 0 Å². The number of nitrogens with two attached hydrogens (primary N) is 1. The molecule has 1 rings (SSSR count). The third-order valence-corrected chi connectivity index (χ3v) is 2.62. The van der Waals surface area contributed by atoms with Crippen LogP contribution in [0, 0.1) is 0 Å². The summed E-state index contributed by atoms with van der Waals surface area (Å²) in [5.41, 5.74) is 6.87. The number of hydrogen-bond acceptors (Lipinski definition) is 3. The molecule has 3 nitrogen and oxygen atoms in total. The number of methoxy groups -OCH3 is 1. The summed E-state index contributed by atoms with van der Waals surface area (Å²) < 4.78 is 11.1. The van der Waals surface area contributed by atoms with Crippen molar-refractivity contribution in [2.24, 2.45) is 5.73 Å². The van der Waals surface area contributed by atoms with Crippen LogP contribution in [0.2, 0.25) is 0 Å². The first-order chi connectivity index (χ1) is 7.58. The Kier molecular flexibility index (Phi) is 4.62. The summed E-state index contributed by atoms with van der Waals surface area (Å²) >= 11 is 0. The lowest BCUT2D eigenvalue weighted by atomic mass is 10.1. The van der Waals surface area contributed by atoms with Crippen molar-refractivity contribution in [2.45, 2.75) is 39.3 Å². The summed E-state index contributed by atoms with van der Waals surface area (Å²) in [5, 5.41) is 0. The summed E-state index contributed by atoms with van der Waals surface area (Å²) in [6.07, 6.45) is 1.16. The minimum Gasteiger partial charge on any atom is -0.493 e. The van der Waals surface area contributed by atoms with Crippen LogP contribution in [-0.4, -0.2) is 13.2 Å². The average molecular weight is 223 g/mol. The van der Waals surface area contributed by atoms with Crippen LogP contribution in [-0.2, 0) is 0 Å². The van der Waals surface area contributed by atoms with E-state index in [2.05, 4.69) is 6.92 Å². The van der Waals surface area contributed by atoms with Crippen molar-refractivity contribution < 1.29 is 9.47 Å². The van der Waals surface area contributed by atoms with Crippen LogP contribution in [0.15, 0.2) is 18.2 Å². The molecule has 16 heavy (non-hydrogen) atoms. The Bertz CT molecular complexity index is 337. The maximum absolute atomic E-state index is 5.82. The Morgan fingerprint density at radius 2 is 1.94 bits per heavy atom. The second kappa shape index (κ2) is 5.75. The first kappa shape index (κ1) is 12.8. The predicted octanol–water partition coefficient (Wildman–Crippen LogP) is 2.89. The van der Waals surface area contributed by atoms with Crippen molar-refractivity contribution in [1.82, 2.24) is 0 Å². The van der Waals surface area contributed by atoms with Crippen LogP contribution >= 0.6 is 0 Å². The topological polar surface area (TPSA) is 44.5 Å². The van der Waals surface area contributed by atoms with Crippen LogP contribution in [0.1, 0.15) is 38.8 Å². The zero-order valence-corrected chi connectivity index (χ0v) is 10.5. The largest absolute Gasteiger partial charge is 0.493 e. The Morgan fingerprint density at radius 3 is 2.44 bits per heavy atom. The number of ether oxygens (including phenoxy) is 2. The molecule has 0 amide bonds. The fourth-order valence-electron chi connectivity index (χ4n) is 1.36. The summed E-state index contributed by atoms with van der Waals surface area (Å²) in [4.78, 5) is 0. The Hall–Kier alpha value is -1.22. The second-order valence-electron chi connectivity index (χ2n) is 4.04. The molecule has 0 aliphatic heterocycles. The van der Waals surface area contributed by atoms with Crippen molar-refractivity contribution in [2.75, 3.05) is 7.11 Å². The van der Waals surface area contributed by atoms with Gasteiger partial charge in [0.15, 0.2) is 11.5 Å². The number of hydrogen-bond donors (Lipinski definition) is 1. The third-order valence-electron chi connectivity index (χ3n) is 2.62. The van der Waals surface area contributed by atoms with Gasteiger partial charge in [-0.25, -0.2) is 0 Å². The van der Waals surface area contributed by atoms with Crippen LogP contribution in [0.3, 0.4) is 0 Å². The highest BCUT2D eigenvalue weighted by molar-refractivity contribution is 5.43. The van der Waals surface area contributed by atoms with Crippen molar-refractivity contribution in [3.05, 3.63) is 23.8 Å².